The van der Waals surface area contributed by atoms with Gasteiger partial charge in [0.1, 0.15) is 18.1 Å². The van der Waals surface area contributed by atoms with Gasteiger partial charge in [-0.15, -0.1) is 0 Å². The van der Waals surface area contributed by atoms with Gasteiger partial charge in [0.15, 0.2) is 12.1 Å². The number of rotatable bonds is 10. The van der Waals surface area contributed by atoms with Crippen molar-refractivity contribution in [3.05, 3.63) is 45.5 Å². The number of hydrogen-bond acceptors (Lipinski definition) is 6. The highest BCUT2D eigenvalue weighted by Gasteiger charge is 2.42. The number of benzene rings is 1. The van der Waals surface area contributed by atoms with E-state index < -0.39 is 11.7 Å². The first-order valence-corrected chi connectivity index (χ1v) is 12.2. The molecular weight excluding hydrogens is 456 g/mol. The predicted octanol–water partition coefficient (Wildman–Crippen LogP) is 6.11. The summed E-state index contributed by atoms with van der Waals surface area (Å²) in [6.45, 7) is 14.6. The van der Waals surface area contributed by atoms with E-state index in [1.807, 2.05) is 60.6 Å². The third-order valence-corrected chi connectivity index (χ3v) is 7.38. The average molecular weight is 495 g/mol. The van der Waals surface area contributed by atoms with E-state index in [1.165, 1.54) is 7.11 Å². The summed E-state index contributed by atoms with van der Waals surface area (Å²) < 4.78 is 22.7. The first-order valence-electron chi connectivity index (χ1n) is 11.8. The molecule has 1 heterocycles. The fourth-order valence-electron chi connectivity index (χ4n) is 4.21. The zero-order chi connectivity index (χ0) is 25.6. The second-order valence-electron chi connectivity index (χ2n) is 8.95. The minimum atomic E-state index is -0.728. The van der Waals surface area contributed by atoms with Crippen LogP contribution in [0.25, 0.3) is 0 Å². The Hall–Kier alpha value is -1.86. The van der Waals surface area contributed by atoms with Gasteiger partial charge >= 0.3 is 0 Å². The number of methoxy groups -OCH3 is 1. The Balaban J connectivity index is 2.42. The maximum absolute atomic E-state index is 12.2. The Morgan fingerprint density at radius 1 is 1.29 bits per heavy atom. The van der Waals surface area contributed by atoms with Gasteiger partial charge in [-0.25, -0.2) is 0 Å². The smallest absolute Gasteiger partial charge is 0.187 e. The van der Waals surface area contributed by atoms with Crippen molar-refractivity contribution in [1.82, 2.24) is 0 Å². The van der Waals surface area contributed by atoms with Gasteiger partial charge in [-0.2, -0.15) is 0 Å². The minimum Gasteiger partial charge on any atom is -0.507 e. The molecule has 0 amide bonds. The first-order chi connectivity index (χ1) is 16.0. The lowest BCUT2D eigenvalue weighted by Crippen LogP contribution is -2.47. The third-order valence-electron chi connectivity index (χ3n) is 6.92. The monoisotopic (exact) mass is 494 g/mol. The zero-order valence-corrected chi connectivity index (χ0v) is 22.4. The van der Waals surface area contributed by atoms with Crippen LogP contribution in [0.3, 0.4) is 0 Å². The highest BCUT2D eigenvalue weighted by molar-refractivity contribution is 6.33. The molecule has 2 rings (SSSR count). The van der Waals surface area contributed by atoms with Gasteiger partial charge in [0.05, 0.1) is 23.8 Å². The molecule has 0 radical (unpaired) electrons. The van der Waals surface area contributed by atoms with Crippen LogP contribution < -0.4 is 4.74 Å². The second-order valence-corrected chi connectivity index (χ2v) is 9.33. The van der Waals surface area contributed by atoms with Crippen LogP contribution in [0.4, 0.5) is 0 Å². The average Bonchev–Trinajstić information content (AvgIpc) is 2.81. The van der Waals surface area contributed by atoms with Crippen LogP contribution in [0.5, 0.6) is 11.5 Å². The maximum Gasteiger partial charge on any atom is 0.187 e. The Bertz CT molecular complexity index is 932. The maximum atomic E-state index is 12.2. The Kier molecular flexibility index (Phi) is 10.2. The number of carbonyl (C=O) groups is 1. The summed E-state index contributed by atoms with van der Waals surface area (Å²) >= 11 is 6.63. The first kappa shape index (κ1) is 28.4. The van der Waals surface area contributed by atoms with Gasteiger partial charge in [-0.3, -0.25) is 4.79 Å². The van der Waals surface area contributed by atoms with Crippen molar-refractivity contribution >= 4 is 17.4 Å². The van der Waals surface area contributed by atoms with Gasteiger partial charge < -0.3 is 24.1 Å². The van der Waals surface area contributed by atoms with E-state index in [9.17, 15) is 9.90 Å². The Labute approximate surface area is 208 Å². The molecule has 1 aliphatic rings. The summed E-state index contributed by atoms with van der Waals surface area (Å²) in [6.07, 6.45) is 5.63. The molecule has 190 valence electrons. The lowest BCUT2D eigenvalue weighted by Gasteiger charge is -2.41. The molecule has 0 bridgehead atoms. The van der Waals surface area contributed by atoms with Crippen molar-refractivity contribution < 1.29 is 28.8 Å². The van der Waals surface area contributed by atoms with Crippen LogP contribution in [0.2, 0.25) is 5.02 Å². The summed E-state index contributed by atoms with van der Waals surface area (Å²) in [7, 11) is 1.53. The normalized spacial score (nSPS) is 23.8. The summed E-state index contributed by atoms with van der Waals surface area (Å²) in [5.41, 5.74) is 2.32. The third kappa shape index (κ3) is 5.85. The molecule has 34 heavy (non-hydrogen) atoms. The van der Waals surface area contributed by atoms with Crippen LogP contribution in [0.1, 0.15) is 64.5 Å². The molecule has 0 aliphatic carbocycles. The lowest BCUT2D eigenvalue weighted by molar-refractivity contribution is -0.148. The van der Waals surface area contributed by atoms with E-state index in [0.29, 0.717) is 47.1 Å². The van der Waals surface area contributed by atoms with Crippen molar-refractivity contribution in [3.8, 4) is 11.5 Å². The van der Waals surface area contributed by atoms with E-state index >= 15 is 0 Å². The molecule has 1 N–H and O–H groups in total. The molecule has 0 spiro atoms. The number of phenolic OH excluding ortho intramolecular Hbond substituents is 1. The number of carbonyl (C=O) groups excluding carboxylic acids is 1. The summed E-state index contributed by atoms with van der Waals surface area (Å²) in [5.74, 6) is 0.471. The number of hydrogen-bond donors (Lipinski definition) is 1. The second kappa shape index (κ2) is 12.2. The van der Waals surface area contributed by atoms with Crippen LogP contribution in [0, 0.1) is 18.3 Å². The molecule has 7 heteroatoms. The number of halogens is 1. The van der Waals surface area contributed by atoms with E-state index in [1.54, 1.807) is 0 Å². The molecule has 1 fully saturated rings. The van der Waals surface area contributed by atoms with Crippen LogP contribution in [-0.2, 0) is 25.4 Å². The quantitative estimate of drug-likeness (QED) is 0.312. The molecule has 1 aliphatic heterocycles. The number of phenols is 1. The molecule has 0 unspecified atom stereocenters. The number of Topliss-reactive ketones (excluding diaryl/α,β-unsaturated/α-hetero) is 1. The van der Waals surface area contributed by atoms with Crippen LogP contribution in [-0.4, -0.2) is 43.9 Å². The molecule has 1 saturated heterocycles. The van der Waals surface area contributed by atoms with Gasteiger partial charge in [0.25, 0.3) is 0 Å². The number of aromatic hydroxyl groups is 1. The largest absolute Gasteiger partial charge is 0.507 e. The molecule has 6 nitrogen and oxygen atoms in total. The van der Waals surface area contributed by atoms with Gasteiger partial charge in [-0.05, 0) is 46.6 Å². The molecule has 3 atom stereocenters. The number of ketones is 1. The van der Waals surface area contributed by atoms with Crippen molar-refractivity contribution in [1.29, 1.82) is 0 Å². The molecule has 1 aromatic carbocycles. The van der Waals surface area contributed by atoms with Crippen molar-refractivity contribution in [2.45, 2.75) is 67.3 Å². The van der Waals surface area contributed by atoms with Gasteiger partial charge in [0, 0.05) is 30.1 Å². The highest BCUT2D eigenvalue weighted by Crippen LogP contribution is 2.45. The van der Waals surface area contributed by atoms with Crippen molar-refractivity contribution in [2.24, 2.45) is 11.3 Å². The van der Waals surface area contributed by atoms with E-state index in [0.717, 1.165) is 5.57 Å². The van der Waals surface area contributed by atoms with Crippen molar-refractivity contribution in [3.63, 3.8) is 0 Å². The molecule has 0 aromatic heterocycles. The minimum absolute atomic E-state index is 0.0548. The molecular formula is C27H39ClO6. The summed E-state index contributed by atoms with van der Waals surface area (Å²) in [5, 5.41) is 11.6. The van der Waals surface area contributed by atoms with Crippen LogP contribution in [0.15, 0.2) is 23.8 Å². The number of allylic oxidation sites excluding steroid dienone is 3. The summed E-state index contributed by atoms with van der Waals surface area (Å²) in [4.78, 5) is 12.2. The fourth-order valence-corrected chi connectivity index (χ4v) is 4.50. The van der Waals surface area contributed by atoms with Gasteiger partial charge in [-0.1, -0.05) is 49.2 Å². The highest BCUT2D eigenvalue weighted by atomic mass is 35.5. The summed E-state index contributed by atoms with van der Waals surface area (Å²) in [6, 6.07) is 0. The Morgan fingerprint density at radius 3 is 2.47 bits per heavy atom. The van der Waals surface area contributed by atoms with Gasteiger partial charge in [0.2, 0.25) is 0 Å². The van der Waals surface area contributed by atoms with Crippen LogP contribution >= 0.6 is 11.6 Å². The molecule has 0 saturated carbocycles. The zero-order valence-electron chi connectivity index (χ0n) is 21.7. The predicted molar refractivity (Wildman–Crippen MR) is 135 cm³/mol. The standard InChI is InChI=1S/C27H39ClO6/c1-9-32-26(33-10-2)22-17(4)23(28)25(31-8)20(24(22)30)12-11-16(3)13-14-27(7)18(5)21(29)15-34-19(27)6/h11,13-14,18-19,26,30H,9-10,12,15H2,1-8H3/b14-13+,16-11+/t18-,19-,27+/m0/s1. The van der Waals surface area contributed by atoms with E-state index in [-0.39, 0.29) is 30.2 Å². The Morgan fingerprint density at radius 2 is 1.91 bits per heavy atom. The SMILES string of the molecule is CCOC(OCC)c1c(C)c(Cl)c(OC)c(C/C=C(C)/C=C/[C@@]2(C)[C@H](C)OCC(=O)[C@@H]2C)c1O. The lowest BCUT2D eigenvalue weighted by atomic mass is 9.70. The number of ether oxygens (including phenoxy) is 4. The van der Waals surface area contributed by atoms with E-state index in [4.69, 9.17) is 30.5 Å². The van der Waals surface area contributed by atoms with Crippen molar-refractivity contribution in [2.75, 3.05) is 26.9 Å². The molecule has 1 aromatic rings. The van der Waals surface area contributed by atoms with E-state index in [2.05, 4.69) is 6.08 Å². The fraction of sp³-hybridized carbons (Fsp3) is 0.593. The topological polar surface area (TPSA) is 74.2 Å².